The van der Waals surface area contributed by atoms with E-state index in [9.17, 15) is 18.3 Å². The number of nitrogens with zero attached hydrogens (tertiary/aromatic N) is 1. The molecule has 0 bridgehead atoms. The lowest BCUT2D eigenvalue weighted by atomic mass is 10.1. The van der Waals surface area contributed by atoms with Gasteiger partial charge in [-0.3, -0.25) is 4.74 Å². The van der Waals surface area contributed by atoms with E-state index in [2.05, 4.69) is 4.74 Å². The Labute approximate surface area is 81.5 Å². The molecule has 0 atom stereocenters. The number of ether oxygens (including phenoxy) is 1. The average molecular weight is 215 g/mol. The molecule has 0 amide bonds. The Morgan fingerprint density at radius 2 is 1.79 bits per heavy atom. The summed E-state index contributed by atoms with van der Waals surface area (Å²) < 4.78 is 38.3. The molecule has 0 aromatic heterocycles. The van der Waals surface area contributed by atoms with Gasteiger partial charge in [0.25, 0.3) is 0 Å². The zero-order chi connectivity index (χ0) is 11.4. The number of aliphatic hydroxyl groups is 1. The Morgan fingerprint density at radius 3 is 2.14 bits per heavy atom. The molecule has 0 aliphatic rings. The molecule has 0 unspecified atom stereocenters. The number of alkyl halides is 3. The van der Waals surface area contributed by atoms with Crippen molar-refractivity contribution in [2.75, 3.05) is 26.7 Å². The number of halogens is 3. The van der Waals surface area contributed by atoms with E-state index in [1.807, 2.05) is 0 Å². The van der Waals surface area contributed by atoms with Crippen LogP contribution in [0.4, 0.5) is 13.2 Å². The summed E-state index contributed by atoms with van der Waals surface area (Å²) in [4.78, 5) is 1.58. The van der Waals surface area contributed by atoms with Gasteiger partial charge in [-0.25, -0.2) is 0 Å². The summed E-state index contributed by atoms with van der Waals surface area (Å²) in [6, 6.07) is 0. The van der Waals surface area contributed by atoms with Crippen LogP contribution in [0, 0.1) is 0 Å². The van der Waals surface area contributed by atoms with Crippen LogP contribution in [0.5, 0.6) is 0 Å². The van der Waals surface area contributed by atoms with Crippen LogP contribution in [0.15, 0.2) is 0 Å². The fourth-order valence-corrected chi connectivity index (χ4v) is 1.06. The molecular formula is C8H16F3NO2. The molecule has 0 aromatic carbocycles. The Hall–Kier alpha value is -0.330. The van der Waals surface area contributed by atoms with Crippen molar-refractivity contribution in [2.24, 2.45) is 0 Å². The number of hydrogen-bond donors (Lipinski definition) is 1. The summed E-state index contributed by atoms with van der Waals surface area (Å²) in [6.45, 7) is 3.19. The molecule has 86 valence electrons. The summed E-state index contributed by atoms with van der Waals surface area (Å²) in [6.07, 6.45) is -4.57. The molecule has 0 rings (SSSR count). The summed E-state index contributed by atoms with van der Waals surface area (Å²) in [5.74, 6) is 0. The molecule has 0 saturated carbocycles. The van der Waals surface area contributed by atoms with Crippen molar-refractivity contribution in [2.45, 2.75) is 25.8 Å². The van der Waals surface area contributed by atoms with E-state index >= 15 is 0 Å². The van der Waals surface area contributed by atoms with Gasteiger partial charge < -0.3 is 10.0 Å². The molecule has 3 nitrogen and oxygen atoms in total. The largest absolute Gasteiger partial charge is 0.522 e. The van der Waals surface area contributed by atoms with Crippen molar-refractivity contribution in [1.82, 2.24) is 4.90 Å². The Morgan fingerprint density at radius 1 is 1.29 bits per heavy atom. The van der Waals surface area contributed by atoms with Gasteiger partial charge in [0.1, 0.15) is 0 Å². The smallest absolute Gasteiger partial charge is 0.389 e. The molecule has 0 spiro atoms. The first-order valence-corrected chi connectivity index (χ1v) is 4.22. The lowest BCUT2D eigenvalue weighted by molar-refractivity contribution is -0.324. The topological polar surface area (TPSA) is 32.7 Å². The number of likely N-dealkylation sites (N-methyl/N-ethyl adjacent to an activating group) is 1. The molecule has 0 radical (unpaired) electrons. The van der Waals surface area contributed by atoms with Gasteiger partial charge in [0, 0.05) is 13.1 Å². The minimum atomic E-state index is -4.57. The third-order valence-corrected chi connectivity index (χ3v) is 1.40. The van der Waals surface area contributed by atoms with E-state index in [1.165, 1.54) is 0 Å². The molecule has 0 aliphatic heterocycles. The highest BCUT2D eigenvalue weighted by molar-refractivity contribution is 4.69. The standard InChI is InChI=1S/C8H16F3NO2/c1-7(2,13)6-12(3)4-5-14-8(9,10)11/h13H,4-6H2,1-3H3. The molecule has 0 saturated heterocycles. The van der Waals surface area contributed by atoms with Crippen LogP contribution in [0.3, 0.4) is 0 Å². The number of hydrogen-bond acceptors (Lipinski definition) is 3. The molecule has 0 fully saturated rings. The van der Waals surface area contributed by atoms with E-state index < -0.39 is 18.6 Å². The Bertz CT molecular complexity index is 165. The number of rotatable bonds is 5. The summed E-state index contributed by atoms with van der Waals surface area (Å²) in [5, 5.41) is 9.34. The maximum atomic E-state index is 11.6. The van der Waals surface area contributed by atoms with Gasteiger partial charge in [0.05, 0.1) is 12.2 Å². The van der Waals surface area contributed by atoms with Gasteiger partial charge in [-0.1, -0.05) is 0 Å². The quantitative estimate of drug-likeness (QED) is 0.748. The monoisotopic (exact) mass is 215 g/mol. The average Bonchev–Trinajstić information content (AvgIpc) is 1.78. The fraction of sp³-hybridized carbons (Fsp3) is 1.00. The van der Waals surface area contributed by atoms with Crippen LogP contribution in [-0.4, -0.2) is 48.7 Å². The second kappa shape index (κ2) is 4.95. The lowest BCUT2D eigenvalue weighted by Gasteiger charge is -2.25. The van der Waals surface area contributed by atoms with Crippen molar-refractivity contribution >= 4 is 0 Å². The normalized spacial score (nSPS) is 13.7. The summed E-state index contributed by atoms with van der Waals surface area (Å²) >= 11 is 0. The minimum absolute atomic E-state index is 0.128. The predicted molar refractivity (Wildman–Crippen MR) is 45.8 cm³/mol. The fourth-order valence-electron chi connectivity index (χ4n) is 1.06. The van der Waals surface area contributed by atoms with Crippen molar-refractivity contribution in [3.8, 4) is 0 Å². The SMILES string of the molecule is CN(CCOC(F)(F)F)CC(C)(C)O. The Balaban J connectivity index is 3.60. The van der Waals surface area contributed by atoms with Gasteiger partial charge in [-0.2, -0.15) is 0 Å². The van der Waals surface area contributed by atoms with Gasteiger partial charge in [0.2, 0.25) is 0 Å². The molecule has 14 heavy (non-hydrogen) atoms. The van der Waals surface area contributed by atoms with Crippen LogP contribution in [0.2, 0.25) is 0 Å². The van der Waals surface area contributed by atoms with Crippen LogP contribution in [-0.2, 0) is 4.74 Å². The maximum absolute atomic E-state index is 11.6. The minimum Gasteiger partial charge on any atom is -0.389 e. The first kappa shape index (κ1) is 13.7. The third-order valence-electron chi connectivity index (χ3n) is 1.40. The van der Waals surface area contributed by atoms with Gasteiger partial charge >= 0.3 is 6.36 Å². The molecule has 0 aromatic rings. The van der Waals surface area contributed by atoms with Crippen LogP contribution < -0.4 is 0 Å². The predicted octanol–water partition coefficient (Wildman–Crippen LogP) is 1.23. The molecule has 6 heteroatoms. The highest BCUT2D eigenvalue weighted by atomic mass is 19.4. The van der Waals surface area contributed by atoms with E-state index in [-0.39, 0.29) is 6.54 Å². The van der Waals surface area contributed by atoms with Crippen LogP contribution in [0.25, 0.3) is 0 Å². The van der Waals surface area contributed by atoms with Crippen molar-refractivity contribution in [3.63, 3.8) is 0 Å². The zero-order valence-electron chi connectivity index (χ0n) is 8.56. The maximum Gasteiger partial charge on any atom is 0.522 e. The van der Waals surface area contributed by atoms with E-state index in [0.717, 1.165) is 0 Å². The van der Waals surface area contributed by atoms with Crippen molar-refractivity contribution in [1.29, 1.82) is 0 Å². The summed E-state index contributed by atoms with van der Waals surface area (Å²) in [7, 11) is 1.62. The van der Waals surface area contributed by atoms with Gasteiger partial charge in [0.15, 0.2) is 0 Å². The zero-order valence-corrected chi connectivity index (χ0v) is 8.56. The van der Waals surface area contributed by atoms with Crippen LogP contribution >= 0.6 is 0 Å². The molecular weight excluding hydrogens is 199 g/mol. The van der Waals surface area contributed by atoms with E-state index in [1.54, 1.807) is 25.8 Å². The van der Waals surface area contributed by atoms with Gasteiger partial charge in [-0.15, -0.1) is 13.2 Å². The second-order valence-electron chi connectivity index (χ2n) is 3.84. The Kier molecular flexibility index (Phi) is 4.83. The second-order valence-corrected chi connectivity index (χ2v) is 3.84. The summed E-state index contributed by atoms with van der Waals surface area (Å²) in [5.41, 5.74) is -0.910. The van der Waals surface area contributed by atoms with Crippen molar-refractivity contribution in [3.05, 3.63) is 0 Å². The molecule has 0 heterocycles. The van der Waals surface area contributed by atoms with E-state index in [0.29, 0.717) is 6.54 Å². The van der Waals surface area contributed by atoms with Crippen molar-refractivity contribution < 1.29 is 23.0 Å². The third kappa shape index (κ3) is 9.76. The van der Waals surface area contributed by atoms with Crippen LogP contribution in [0.1, 0.15) is 13.8 Å². The highest BCUT2D eigenvalue weighted by Gasteiger charge is 2.28. The first-order chi connectivity index (χ1) is 6.10. The molecule has 0 aliphatic carbocycles. The lowest BCUT2D eigenvalue weighted by Crippen LogP contribution is -2.38. The first-order valence-electron chi connectivity index (χ1n) is 4.22. The van der Waals surface area contributed by atoms with Gasteiger partial charge in [-0.05, 0) is 20.9 Å². The van der Waals surface area contributed by atoms with E-state index in [4.69, 9.17) is 0 Å². The molecule has 1 N–H and O–H groups in total. The highest BCUT2D eigenvalue weighted by Crippen LogP contribution is 2.15.